The molecule has 0 N–H and O–H groups in total. The Morgan fingerprint density at radius 1 is 0.480 bits per heavy atom. The minimum atomic E-state index is -0.995. The molecular formula is C15H36N9P. The van der Waals surface area contributed by atoms with Gasteiger partial charge in [-0.05, 0) is 0 Å². The number of aliphatic imine (C=N–C) groups is 3. The van der Waals surface area contributed by atoms with Crippen LogP contribution in [0.3, 0.4) is 0 Å². The Labute approximate surface area is 155 Å². The van der Waals surface area contributed by atoms with Gasteiger partial charge in [-0.2, -0.15) is 0 Å². The Morgan fingerprint density at radius 3 is 0.800 bits per heavy atom. The standard InChI is InChI=1S/C15H36N9P/c1-16-13(19(4)5)22(10)25(23(11)14(17-2)20(6)7)24(12)15(18-3)21(8)9/h1-12H3/b16-13+,17-14+,18-15+. The van der Waals surface area contributed by atoms with Crippen LogP contribution in [0.5, 0.6) is 0 Å². The van der Waals surface area contributed by atoms with Crippen molar-refractivity contribution in [2.75, 3.05) is 84.6 Å². The molecule has 0 rings (SSSR count). The first kappa shape index (κ1) is 23.2. The third-order valence-corrected chi connectivity index (χ3v) is 5.62. The second-order valence-corrected chi connectivity index (χ2v) is 8.43. The highest BCUT2D eigenvalue weighted by atomic mass is 31.2. The molecule has 0 heterocycles. The van der Waals surface area contributed by atoms with Crippen LogP contribution in [-0.2, 0) is 0 Å². The van der Waals surface area contributed by atoms with Gasteiger partial charge in [0.2, 0.25) is 26.3 Å². The van der Waals surface area contributed by atoms with E-state index in [1.165, 1.54) is 0 Å². The average Bonchev–Trinajstić information content (AvgIpc) is 2.48. The lowest BCUT2D eigenvalue weighted by Gasteiger charge is -2.45. The summed E-state index contributed by atoms with van der Waals surface area (Å²) >= 11 is 0. The lowest BCUT2D eigenvalue weighted by Crippen LogP contribution is -2.48. The molecule has 0 fully saturated rings. The lowest BCUT2D eigenvalue weighted by molar-refractivity contribution is 0.474. The van der Waals surface area contributed by atoms with E-state index in [2.05, 4.69) is 29.0 Å². The van der Waals surface area contributed by atoms with Gasteiger partial charge in [0, 0.05) is 84.6 Å². The van der Waals surface area contributed by atoms with Crippen LogP contribution in [0.1, 0.15) is 0 Å². The molecule has 0 bridgehead atoms. The molecule has 146 valence electrons. The number of nitrogens with zero attached hydrogens (tertiary/aromatic N) is 9. The largest absolute Gasteiger partial charge is 0.349 e. The second-order valence-electron chi connectivity index (χ2n) is 6.09. The van der Waals surface area contributed by atoms with Crippen LogP contribution in [0.2, 0.25) is 0 Å². The van der Waals surface area contributed by atoms with Crippen LogP contribution in [0.25, 0.3) is 0 Å². The van der Waals surface area contributed by atoms with Gasteiger partial charge in [0.05, 0.1) is 0 Å². The molecule has 0 spiro atoms. The molecular weight excluding hydrogens is 337 g/mol. The summed E-state index contributed by atoms with van der Waals surface area (Å²) in [6, 6.07) is 0. The van der Waals surface area contributed by atoms with Gasteiger partial charge in [0.15, 0.2) is 0 Å². The van der Waals surface area contributed by atoms with Crippen LogP contribution in [-0.4, -0.2) is 131 Å². The lowest BCUT2D eigenvalue weighted by atomic mass is 10.8. The van der Waals surface area contributed by atoms with E-state index in [4.69, 9.17) is 0 Å². The summed E-state index contributed by atoms with van der Waals surface area (Å²) in [4.78, 5) is 19.4. The number of hydrogen-bond acceptors (Lipinski definition) is 3. The van der Waals surface area contributed by atoms with Crippen LogP contribution in [0.15, 0.2) is 15.0 Å². The molecule has 0 amide bonds. The molecule has 0 aliphatic carbocycles. The predicted octanol–water partition coefficient (Wildman–Crippen LogP) is 0.651. The normalized spacial score (nSPS) is 13.1. The van der Waals surface area contributed by atoms with E-state index in [0.29, 0.717) is 0 Å². The van der Waals surface area contributed by atoms with Gasteiger partial charge in [-0.1, -0.05) is 0 Å². The maximum atomic E-state index is 4.46. The van der Waals surface area contributed by atoms with Crippen LogP contribution >= 0.6 is 8.37 Å². The highest BCUT2D eigenvalue weighted by molar-refractivity contribution is 7.52. The van der Waals surface area contributed by atoms with E-state index in [1.807, 2.05) is 78.1 Å². The molecule has 0 aromatic carbocycles. The monoisotopic (exact) mass is 373 g/mol. The topological polar surface area (TPSA) is 56.5 Å². The molecule has 0 aromatic heterocycles. The van der Waals surface area contributed by atoms with E-state index in [-0.39, 0.29) is 0 Å². The summed E-state index contributed by atoms with van der Waals surface area (Å²) in [5.41, 5.74) is 0. The third kappa shape index (κ3) is 5.63. The van der Waals surface area contributed by atoms with Crippen molar-refractivity contribution in [2.24, 2.45) is 15.0 Å². The summed E-state index contributed by atoms with van der Waals surface area (Å²) < 4.78 is 6.50. The molecule has 9 nitrogen and oxygen atoms in total. The van der Waals surface area contributed by atoms with Gasteiger partial charge in [-0.3, -0.25) is 29.0 Å². The minimum Gasteiger partial charge on any atom is -0.349 e. The maximum Gasteiger partial charge on any atom is 0.214 e. The molecule has 0 unspecified atom stereocenters. The Hall–Kier alpha value is -1.76. The second kappa shape index (κ2) is 10.3. The van der Waals surface area contributed by atoms with Gasteiger partial charge < -0.3 is 14.7 Å². The van der Waals surface area contributed by atoms with Crippen molar-refractivity contribution in [3.05, 3.63) is 0 Å². The molecule has 0 aliphatic heterocycles. The first-order valence-corrected chi connectivity index (χ1v) is 9.18. The van der Waals surface area contributed by atoms with Crippen molar-refractivity contribution in [1.82, 2.24) is 28.7 Å². The maximum absolute atomic E-state index is 4.46. The molecule has 0 aromatic rings. The molecule has 0 saturated carbocycles. The Bertz CT molecular complexity index is 428. The summed E-state index contributed by atoms with van der Waals surface area (Å²) in [5.74, 6) is 2.65. The predicted molar refractivity (Wildman–Crippen MR) is 111 cm³/mol. The summed E-state index contributed by atoms with van der Waals surface area (Å²) in [6.45, 7) is 0. The van der Waals surface area contributed by atoms with Crippen LogP contribution < -0.4 is 0 Å². The fourth-order valence-corrected chi connectivity index (χ4v) is 5.24. The quantitative estimate of drug-likeness (QED) is 0.411. The summed E-state index contributed by atoms with van der Waals surface area (Å²) in [7, 11) is 22.5. The summed E-state index contributed by atoms with van der Waals surface area (Å²) in [5, 5.41) is 0. The number of guanidine groups is 3. The third-order valence-electron chi connectivity index (χ3n) is 3.47. The van der Waals surface area contributed by atoms with Gasteiger partial charge in [0.1, 0.15) is 0 Å². The zero-order valence-electron chi connectivity index (χ0n) is 18.0. The molecule has 10 heteroatoms. The fraction of sp³-hybridized carbons (Fsp3) is 0.800. The first-order chi connectivity index (χ1) is 11.5. The van der Waals surface area contributed by atoms with E-state index in [0.717, 1.165) is 17.9 Å². The Balaban J connectivity index is 6.14. The van der Waals surface area contributed by atoms with Crippen molar-refractivity contribution in [2.45, 2.75) is 0 Å². The molecule has 0 aliphatic rings. The van der Waals surface area contributed by atoms with Crippen LogP contribution in [0.4, 0.5) is 0 Å². The minimum absolute atomic E-state index is 0.883. The van der Waals surface area contributed by atoms with Gasteiger partial charge in [-0.15, -0.1) is 0 Å². The van der Waals surface area contributed by atoms with Crippen molar-refractivity contribution < 1.29 is 0 Å². The van der Waals surface area contributed by atoms with E-state index >= 15 is 0 Å². The van der Waals surface area contributed by atoms with Crippen molar-refractivity contribution in [3.63, 3.8) is 0 Å². The molecule has 0 atom stereocenters. The summed E-state index contributed by atoms with van der Waals surface area (Å²) in [6.07, 6.45) is 0. The SMILES string of the molecule is C/N=C(\N(C)C)N(C)P(N(C)/C(=N/C)N(C)C)N(C)/C(=N/C)N(C)C. The molecule has 0 saturated heterocycles. The van der Waals surface area contributed by atoms with E-state index in [1.54, 1.807) is 21.1 Å². The zero-order chi connectivity index (χ0) is 19.9. The van der Waals surface area contributed by atoms with E-state index < -0.39 is 8.37 Å². The molecule has 0 radical (unpaired) electrons. The van der Waals surface area contributed by atoms with Gasteiger partial charge in [-0.25, -0.2) is 0 Å². The molecule has 25 heavy (non-hydrogen) atoms. The smallest absolute Gasteiger partial charge is 0.214 e. The zero-order valence-corrected chi connectivity index (χ0v) is 18.9. The number of rotatable bonds is 3. The highest BCUT2D eigenvalue weighted by Crippen LogP contribution is 2.46. The fourth-order valence-electron chi connectivity index (χ4n) is 2.75. The highest BCUT2D eigenvalue weighted by Gasteiger charge is 2.33. The van der Waals surface area contributed by atoms with Crippen molar-refractivity contribution in [3.8, 4) is 0 Å². The Kier molecular flexibility index (Phi) is 9.56. The van der Waals surface area contributed by atoms with E-state index in [9.17, 15) is 0 Å². The van der Waals surface area contributed by atoms with Crippen molar-refractivity contribution >= 4 is 26.3 Å². The van der Waals surface area contributed by atoms with Crippen LogP contribution in [0, 0.1) is 0 Å². The average molecular weight is 373 g/mol. The van der Waals surface area contributed by atoms with Gasteiger partial charge >= 0.3 is 0 Å². The van der Waals surface area contributed by atoms with Crippen molar-refractivity contribution in [1.29, 1.82) is 0 Å². The van der Waals surface area contributed by atoms with Gasteiger partial charge in [0.25, 0.3) is 0 Å². The Morgan fingerprint density at radius 2 is 0.680 bits per heavy atom. The number of hydrogen-bond donors (Lipinski definition) is 0. The first-order valence-electron chi connectivity index (χ1n) is 7.98.